The highest BCUT2D eigenvalue weighted by Gasteiger charge is 2.17. The average molecular weight is 238 g/mol. The maximum Gasteiger partial charge on any atom is 0.258 e. The van der Waals surface area contributed by atoms with E-state index in [4.69, 9.17) is 5.73 Å². The molecule has 1 aromatic carbocycles. The molecular weight excluding hydrogens is 220 g/mol. The van der Waals surface area contributed by atoms with Crippen LogP contribution in [-0.2, 0) is 0 Å². The van der Waals surface area contributed by atoms with Crippen LogP contribution in [0.25, 0.3) is 0 Å². The molecule has 0 radical (unpaired) electrons. The van der Waals surface area contributed by atoms with Crippen molar-refractivity contribution in [3.05, 3.63) is 23.8 Å². The predicted molar refractivity (Wildman–Crippen MR) is 64.9 cm³/mol. The van der Waals surface area contributed by atoms with Gasteiger partial charge in [0.2, 0.25) is 0 Å². The van der Waals surface area contributed by atoms with Crippen LogP contribution in [0.15, 0.2) is 18.2 Å². The standard InChI is InChI=1S/C12H18N2O3/c1-7(2)8(13)6-14-12(17)11-9(15)4-3-5-10(11)16/h3-5,7-8,15-16H,6,13H2,1-2H3,(H,14,17). The van der Waals surface area contributed by atoms with Crippen molar-refractivity contribution in [2.24, 2.45) is 11.7 Å². The Kier molecular flexibility index (Phi) is 4.34. The third-order valence-electron chi connectivity index (χ3n) is 2.60. The summed E-state index contributed by atoms with van der Waals surface area (Å²) in [6.07, 6.45) is 0. The Morgan fingerprint density at radius 3 is 2.35 bits per heavy atom. The number of amides is 1. The van der Waals surface area contributed by atoms with Gasteiger partial charge in [0.05, 0.1) is 0 Å². The third-order valence-corrected chi connectivity index (χ3v) is 2.60. The van der Waals surface area contributed by atoms with E-state index in [1.54, 1.807) is 0 Å². The first kappa shape index (κ1) is 13.3. The van der Waals surface area contributed by atoms with E-state index in [0.717, 1.165) is 0 Å². The largest absolute Gasteiger partial charge is 0.507 e. The minimum atomic E-state index is -0.531. The minimum absolute atomic E-state index is 0.122. The van der Waals surface area contributed by atoms with E-state index in [9.17, 15) is 15.0 Å². The molecule has 5 heteroatoms. The van der Waals surface area contributed by atoms with Gasteiger partial charge >= 0.3 is 0 Å². The Hall–Kier alpha value is -1.75. The molecule has 0 saturated carbocycles. The SMILES string of the molecule is CC(C)C(N)CNC(=O)c1c(O)cccc1O. The molecular formula is C12H18N2O3. The second-order valence-electron chi connectivity index (χ2n) is 4.29. The second-order valence-corrected chi connectivity index (χ2v) is 4.29. The molecule has 17 heavy (non-hydrogen) atoms. The van der Waals surface area contributed by atoms with Crippen LogP contribution in [0.3, 0.4) is 0 Å². The zero-order valence-electron chi connectivity index (χ0n) is 9.97. The fourth-order valence-electron chi connectivity index (χ4n) is 1.30. The van der Waals surface area contributed by atoms with Crippen molar-refractivity contribution >= 4 is 5.91 Å². The van der Waals surface area contributed by atoms with E-state index in [0.29, 0.717) is 6.54 Å². The van der Waals surface area contributed by atoms with E-state index in [-0.39, 0.29) is 29.0 Å². The lowest BCUT2D eigenvalue weighted by atomic mass is 10.1. The Morgan fingerprint density at radius 1 is 1.35 bits per heavy atom. The second kappa shape index (κ2) is 5.54. The molecule has 0 saturated heterocycles. The maximum absolute atomic E-state index is 11.7. The molecule has 1 rings (SSSR count). The smallest absolute Gasteiger partial charge is 0.258 e. The monoisotopic (exact) mass is 238 g/mol. The van der Waals surface area contributed by atoms with Crippen LogP contribution in [-0.4, -0.2) is 28.7 Å². The summed E-state index contributed by atoms with van der Waals surface area (Å²) in [5.41, 5.74) is 5.66. The number of carbonyl (C=O) groups is 1. The zero-order valence-corrected chi connectivity index (χ0v) is 9.97. The van der Waals surface area contributed by atoms with Gasteiger partial charge in [-0.15, -0.1) is 0 Å². The number of phenols is 2. The van der Waals surface area contributed by atoms with Crippen molar-refractivity contribution in [1.82, 2.24) is 5.32 Å². The summed E-state index contributed by atoms with van der Waals surface area (Å²) in [6, 6.07) is 3.99. The third kappa shape index (κ3) is 3.35. The molecule has 1 atom stereocenters. The molecule has 0 fully saturated rings. The summed E-state index contributed by atoms with van der Waals surface area (Å²) >= 11 is 0. The van der Waals surface area contributed by atoms with Gasteiger partial charge in [0, 0.05) is 12.6 Å². The van der Waals surface area contributed by atoms with Crippen LogP contribution >= 0.6 is 0 Å². The molecule has 1 amide bonds. The van der Waals surface area contributed by atoms with Crippen molar-refractivity contribution < 1.29 is 15.0 Å². The van der Waals surface area contributed by atoms with Gasteiger partial charge in [0.25, 0.3) is 5.91 Å². The Labute approximate surface area is 100 Å². The van der Waals surface area contributed by atoms with Crippen molar-refractivity contribution in [2.75, 3.05) is 6.54 Å². The molecule has 0 aliphatic carbocycles. The van der Waals surface area contributed by atoms with Crippen LogP contribution in [0.1, 0.15) is 24.2 Å². The number of carbonyl (C=O) groups excluding carboxylic acids is 1. The Morgan fingerprint density at radius 2 is 1.88 bits per heavy atom. The predicted octanol–water partition coefficient (Wildman–Crippen LogP) is 0.811. The minimum Gasteiger partial charge on any atom is -0.507 e. The maximum atomic E-state index is 11.7. The Balaban J connectivity index is 2.71. The average Bonchev–Trinajstić information content (AvgIpc) is 2.25. The number of aromatic hydroxyl groups is 2. The number of nitrogens with two attached hydrogens (primary N) is 1. The van der Waals surface area contributed by atoms with Crippen LogP contribution in [0.4, 0.5) is 0 Å². The molecule has 0 spiro atoms. The zero-order chi connectivity index (χ0) is 13.0. The fraction of sp³-hybridized carbons (Fsp3) is 0.417. The summed E-state index contributed by atoms with van der Waals surface area (Å²) in [5.74, 6) is -0.786. The van der Waals surface area contributed by atoms with Crippen molar-refractivity contribution in [3.63, 3.8) is 0 Å². The van der Waals surface area contributed by atoms with Crippen molar-refractivity contribution in [1.29, 1.82) is 0 Å². The van der Waals surface area contributed by atoms with Gasteiger partial charge in [-0.1, -0.05) is 19.9 Å². The highest BCUT2D eigenvalue weighted by Crippen LogP contribution is 2.25. The molecule has 0 aliphatic rings. The number of phenolic OH excluding ortho intramolecular Hbond substituents is 2. The highest BCUT2D eigenvalue weighted by molar-refractivity contribution is 5.99. The van der Waals surface area contributed by atoms with Gasteiger partial charge in [-0.3, -0.25) is 4.79 Å². The van der Waals surface area contributed by atoms with Crippen LogP contribution in [0.5, 0.6) is 11.5 Å². The van der Waals surface area contributed by atoms with Gasteiger partial charge in [-0.05, 0) is 18.1 Å². The number of nitrogens with one attached hydrogen (secondary N) is 1. The molecule has 1 unspecified atom stereocenters. The topological polar surface area (TPSA) is 95.6 Å². The molecule has 5 N–H and O–H groups in total. The molecule has 0 aliphatic heterocycles. The van der Waals surface area contributed by atoms with Crippen molar-refractivity contribution in [3.8, 4) is 11.5 Å². The number of rotatable bonds is 4. The summed E-state index contributed by atoms with van der Waals surface area (Å²) in [7, 11) is 0. The van der Waals surface area contributed by atoms with Gasteiger partial charge in [-0.25, -0.2) is 0 Å². The lowest BCUT2D eigenvalue weighted by Crippen LogP contribution is -2.40. The molecule has 5 nitrogen and oxygen atoms in total. The molecule has 0 bridgehead atoms. The van der Waals surface area contributed by atoms with Crippen molar-refractivity contribution in [2.45, 2.75) is 19.9 Å². The fourth-order valence-corrected chi connectivity index (χ4v) is 1.30. The number of benzene rings is 1. The van der Waals surface area contributed by atoms with E-state index in [2.05, 4.69) is 5.32 Å². The van der Waals surface area contributed by atoms with Gasteiger partial charge in [0.1, 0.15) is 17.1 Å². The first-order valence-electron chi connectivity index (χ1n) is 5.48. The lowest BCUT2D eigenvalue weighted by Gasteiger charge is -2.16. The quantitative estimate of drug-likeness (QED) is 0.624. The molecule has 0 aromatic heterocycles. The summed E-state index contributed by atoms with van der Waals surface area (Å²) in [6.45, 7) is 4.20. The molecule has 94 valence electrons. The lowest BCUT2D eigenvalue weighted by molar-refractivity contribution is 0.0944. The number of hydrogen-bond donors (Lipinski definition) is 4. The Bertz CT molecular complexity index is 384. The van der Waals surface area contributed by atoms with Crippen LogP contribution < -0.4 is 11.1 Å². The van der Waals surface area contributed by atoms with E-state index >= 15 is 0 Å². The summed E-state index contributed by atoms with van der Waals surface area (Å²) in [5, 5.41) is 21.5. The normalized spacial score (nSPS) is 12.5. The first-order chi connectivity index (χ1) is 7.93. The van der Waals surface area contributed by atoms with Crippen LogP contribution in [0.2, 0.25) is 0 Å². The van der Waals surface area contributed by atoms with Gasteiger partial charge < -0.3 is 21.3 Å². The first-order valence-corrected chi connectivity index (χ1v) is 5.48. The van der Waals surface area contributed by atoms with E-state index in [1.807, 2.05) is 13.8 Å². The van der Waals surface area contributed by atoms with Gasteiger partial charge in [-0.2, -0.15) is 0 Å². The van der Waals surface area contributed by atoms with E-state index in [1.165, 1.54) is 18.2 Å². The molecule has 1 aromatic rings. The van der Waals surface area contributed by atoms with Gasteiger partial charge in [0.15, 0.2) is 0 Å². The van der Waals surface area contributed by atoms with Crippen LogP contribution in [0, 0.1) is 5.92 Å². The summed E-state index contributed by atoms with van der Waals surface area (Å²) < 4.78 is 0. The summed E-state index contributed by atoms with van der Waals surface area (Å²) in [4.78, 5) is 11.7. The molecule has 0 heterocycles. The highest BCUT2D eigenvalue weighted by atomic mass is 16.3. The van der Waals surface area contributed by atoms with E-state index < -0.39 is 5.91 Å². The number of hydrogen-bond acceptors (Lipinski definition) is 4.